The highest BCUT2D eigenvalue weighted by molar-refractivity contribution is 9.11. The van der Waals surface area contributed by atoms with Crippen molar-refractivity contribution in [2.24, 2.45) is 0 Å². The minimum absolute atomic E-state index is 0.734. The van der Waals surface area contributed by atoms with Crippen LogP contribution in [-0.2, 0) is 6.54 Å². The maximum Gasteiger partial charge on any atom is 0.0701 e. The predicted octanol–water partition coefficient (Wildman–Crippen LogP) is 5.54. The summed E-state index contributed by atoms with van der Waals surface area (Å²) in [6.07, 6.45) is 0. The third kappa shape index (κ3) is 3.23. The molecule has 0 aliphatic carbocycles. The first-order valence-electron chi connectivity index (χ1n) is 4.57. The topological polar surface area (TPSA) is 12.0 Å². The van der Waals surface area contributed by atoms with Crippen molar-refractivity contribution >= 4 is 60.5 Å². The molecule has 5 heteroatoms. The van der Waals surface area contributed by atoms with Gasteiger partial charge in [-0.05, 0) is 51.1 Å². The molecule has 2 rings (SSSR count). The van der Waals surface area contributed by atoms with E-state index in [1.165, 1.54) is 5.56 Å². The van der Waals surface area contributed by atoms with E-state index in [1.54, 1.807) is 11.3 Å². The first-order valence-corrected chi connectivity index (χ1v) is 7.41. The van der Waals surface area contributed by atoms with Gasteiger partial charge in [-0.2, -0.15) is 0 Å². The Kier molecular flexibility index (Phi) is 4.30. The molecular weight excluding hydrogens is 373 g/mol. The maximum absolute atomic E-state index is 6.08. The number of nitrogens with one attached hydrogen (secondary N) is 1. The van der Waals surface area contributed by atoms with Crippen LogP contribution in [0.25, 0.3) is 0 Å². The van der Waals surface area contributed by atoms with Crippen molar-refractivity contribution in [3.8, 4) is 0 Å². The normalized spacial score (nSPS) is 10.4. The van der Waals surface area contributed by atoms with Gasteiger partial charge < -0.3 is 5.32 Å². The number of halogens is 3. The minimum Gasteiger partial charge on any atom is -0.380 e. The smallest absolute Gasteiger partial charge is 0.0701 e. The van der Waals surface area contributed by atoms with Crippen LogP contribution in [0.2, 0.25) is 5.02 Å². The van der Waals surface area contributed by atoms with Gasteiger partial charge in [0.25, 0.3) is 0 Å². The maximum atomic E-state index is 6.08. The lowest BCUT2D eigenvalue weighted by atomic mass is 10.3. The van der Waals surface area contributed by atoms with Crippen molar-refractivity contribution in [2.45, 2.75) is 6.54 Å². The van der Waals surface area contributed by atoms with Crippen LogP contribution in [0.1, 0.15) is 5.56 Å². The van der Waals surface area contributed by atoms with Gasteiger partial charge in [-0.15, -0.1) is 11.3 Å². The first-order chi connectivity index (χ1) is 7.65. The first kappa shape index (κ1) is 12.4. The molecule has 0 saturated carbocycles. The zero-order valence-electron chi connectivity index (χ0n) is 8.14. The fourth-order valence-electron chi connectivity index (χ4n) is 1.27. The molecule has 0 aliphatic heterocycles. The van der Waals surface area contributed by atoms with Crippen LogP contribution in [0.4, 0.5) is 5.69 Å². The third-order valence-electron chi connectivity index (χ3n) is 2.03. The van der Waals surface area contributed by atoms with E-state index in [9.17, 15) is 0 Å². The molecule has 0 fully saturated rings. The summed E-state index contributed by atoms with van der Waals surface area (Å²) in [4.78, 5) is 0. The second kappa shape index (κ2) is 5.54. The van der Waals surface area contributed by atoms with Crippen molar-refractivity contribution in [1.29, 1.82) is 0 Å². The average Bonchev–Trinajstić information content (AvgIpc) is 2.66. The summed E-state index contributed by atoms with van der Waals surface area (Å²) in [5.74, 6) is 0. The summed E-state index contributed by atoms with van der Waals surface area (Å²) in [5, 5.41) is 6.16. The highest BCUT2D eigenvalue weighted by Gasteiger charge is 2.02. The lowest BCUT2D eigenvalue weighted by Crippen LogP contribution is -1.98. The van der Waals surface area contributed by atoms with Crippen LogP contribution in [0.5, 0.6) is 0 Å². The molecule has 16 heavy (non-hydrogen) atoms. The Morgan fingerprint density at radius 2 is 2.06 bits per heavy atom. The van der Waals surface area contributed by atoms with Crippen molar-refractivity contribution in [3.63, 3.8) is 0 Å². The van der Waals surface area contributed by atoms with E-state index < -0.39 is 0 Å². The Morgan fingerprint density at radius 1 is 1.25 bits per heavy atom. The molecule has 0 spiro atoms. The number of hydrogen-bond acceptors (Lipinski definition) is 2. The molecule has 0 unspecified atom stereocenters. The summed E-state index contributed by atoms with van der Waals surface area (Å²) in [6, 6.07) is 7.87. The van der Waals surface area contributed by atoms with E-state index in [2.05, 4.69) is 48.6 Å². The summed E-state index contributed by atoms with van der Waals surface area (Å²) in [7, 11) is 0. The SMILES string of the molecule is Clc1ccc(Br)cc1NCc1csc(Br)c1. The molecule has 1 aromatic heterocycles. The summed E-state index contributed by atoms with van der Waals surface area (Å²) < 4.78 is 2.16. The number of benzene rings is 1. The quantitative estimate of drug-likeness (QED) is 0.736. The van der Waals surface area contributed by atoms with Crippen LogP contribution in [0, 0.1) is 0 Å². The Labute approximate surface area is 120 Å². The Hall–Kier alpha value is -0.0300. The van der Waals surface area contributed by atoms with Crippen molar-refractivity contribution < 1.29 is 0 Å². The second-order valence-electron chi connectivity index (χ2n) is 3.24. The Bertz CT molecular complexity index is 498. The van der Waals surface area contributed by atoms with Gasteiger partial charge in [-0.1, -0.05) is 27.5 Å². The third-order valence-corrected chi connectivity index (χ3v) is 4.41. The van der Waals surface area contributed by atoms with Gasteiger partial charge in [0.2, 0.25) is 0 Å². The van der Waals surface area contributed by atoms with E-state index in [0.717, 1.165) is 25.5 Å². The van der Waals surface area contributed by atoms with Crippen LogP contribution in [0.15, 0.2) is 37.9 Å². The van der Waals surface area contributed by atoms with Crippen molar-refractivity contribution in [1.82, 2.24) is 0 Å². The molecule has 0 amide bonds. The second-order valence-corrected chi connectivity index (χ2v) is 6.85. The zero-order valence-corrected chi connectivity index (χ0v) is 12.9. The number of thiophene rings is 1. The van der Waals surface area contributed by atoms with Crippen molar-refractivity contribution in [2.75, 3.05) is 5.32 Å². The van der Waals surface area contributed by atoms with Crippen LogP contribution in [0.3, 0.4) is 0 Å². The fourth-order valence-corrected chi connectivity index (χ4v) is 3.02. The summed E-state index contributed by atoms with van der Waals surface area (Å²) in [6.45, 7) is 0.776. The zero-order chi connectivity index (χ0) is 11.5. The van der Waals surface area contributed by atoms with E-state index in [0.29, 0.717) is 0 Å². The lowest BCUT2D eigenvalue weighted by Gasteiger charge is -2.07. The van der Waals surface area contributed by atoms with E-state index in [4.69, 9.17) is 11.6 Å². The molecule has 0 bridgehead atoms. The Morgan fingerprint density at radius 3 is 2.75 bits per heavy atom. The van der Waals surface area contributed by atoms with Crippen molar-refractivity contribution in [3.05, 3.63) is 48.5 Å². The van der Waals surface area contributed by atoms with Gasteiger partial charge in [0.1, 0.15) is 0 Å². The highest BCUT2D eigenvalue weighted by Crippen LogP contribution is 2.27. The van der Waals surface area contributed by atoms with Gasteiger partial charge >= 0.3 is 0 Å². The summed E-state index contributed by atoms with van der Waals surface area (Å²) >= 11 is 14.6. The molecule has 2 aromatic rings. The predicted molar refractivity (Wildman–Crippen MR) is 78.5 cm³/mol. The molecule has 0 atom stereocenters. The molecule has 1 heterocycles. The fraction of sp³-hybridized carbons (Fsp3) is 0.0909. The van der Waals surface area contributed by atoms with Gasteiger partial charge in [0, 0.05) is 11.0 Å². The monoisotopic (exact) mass is 379 g/mol. The molecule has 0 aliphatic rings. The molecule has 0 radical (unpaired) electrons. The van der Waals surface area contributed by atoms with E-state index >= 15 is 0 Å². The van der Waals surface area contributed by atoms with Crippen LogP contribution >= 0.6 is 54.8 Å². The minimum atomic E-state index is 0.734. The number of anilines is 1. The standard InChI is InChI=1S/C11H8Br2ClNS/c12-8-1-2-9(14)10(4-8)15-5-7-3-11(13)16-6-7/h1-4,6,15H,5H2. The number of rotatable bonds is 3. The molecular formula is C11H8Br2ClNS. The average molecular weight is 382 g/mol. The molecule has 84 valence electrons. The molecule has 1 N–H and O–H groups in total. The van der Waals surface area contributed by atoms with E-state index in [-0.39, 0.29) is 0 Å². The molecule has 1 nitrogen and oxygen atoms in total. The van der Waals surface area contributed by atoms with Gasteiger partial charge in [0.15, 0.2) is 0 Å². The summed E-state index contributed by atoms with van der Waals surface area (Å²) in [5.41, 5.74) is 2.19. The largest absolute Gasteiger partial charge is 0.380 e. The molecule has 0 saturated heterocycles. The van der Waals surface area contributed by atoms with Crippen LogP contribution in [-0.4, -0.2) is 0 Å². The Balaban J connectivity index is 2.07. The van der Waals surface area contributed by atoms with Crippen LogP contribution < -0.4 is 5.32 Å². The highest BCUT2D eigenvalue weighted by atomic mass is 79.9. The van der Waals surface area contributed by atoms with Gasteiger partial charge in [-0.3, -0.25) is 0 Å². The number of hydrogen-bond donors (Lipinski definition) is 1. The van der Waals surface area contributed by atoms with E-state index in [1.807, 2.05) is 18.2 Å². The van der Waals surface area contributed by atoms with Gasteiger partial charge in [-0.25, -0.2) is 0 Å². The lowest BCUT2D eigenvalue weighted by molar-refractivity contribution is 1.16. The molecule has 1 aromatic carbocycles. The van der Waals surface area contributed by atoms with Gasteiger partial charge in [0.05, 0.1) is 14.5 Å².